The minimum absolute atomic E-state index is 0.185. The standard InChI is InChI=1S/C13H20N4O3/c18-12(19)11(6-10-7-14-8-16-10)17-13(20)15-5-1-2-9-3-4-9/h7-9,11H,1-6H2,(H,14,16)(H,18,19)(H2,15,17,20)/t11-/m1/s1. The molecule has 0 aliphatic heterocycles. The van der Waals surface area contributed by atoms with Crippen molar-refractivity contribution in [1.82, 2.24) is 20.6 Å². The molecule has 0 spiro atoms. The van der Waals surface area contributed by atoms with Crippen molar-refractivity contribution in [3.8, 4) is 0 Å². The van der Waals surface area contributed by atoms with Gasteiger partial charge in [-0.25, -0.2) is 14.6 Å². The Balaban J connectivity index is 1.69. The highest BCUT2D eigenvalue weighted by molar-refractivity contribution is 5.82. The Morgan fingerprint density at radius 1 is 1.50 bits per heavy atom. The average Bonchev–Trinajstić information content (AvgIpc) is 3.09. The fourth-order valence-electron chi connectivity index (χ4n) is 2.02. The number of aromatic amines is 1. The number of imidazole rings is 1. The Kier molecular flexibility index (Phi) is 4.97. The maximum Gasteiger partial charge on any atom is 0.326 e. The van der Waals surface area contributed by atoms with Crippen LogP contribution in [0.25, 0.3) is 0 Å². The highest BCUT2D eigenvalue weighted by Crippen LogP contribution is 2.33. The van der Waals surface area contributed by atoms with Crippen LogP contribution in [0.15, 0.2) is 12.5 Å². The molecule has 4 N–H and O–H groups in total. The van der Waals surface area contributed by atoms with E-state index in [9.17, 15) is 9.59 Å². The van der Waals surface area contributed by atoms with E-state index < -0.39 is 18.0 Å². The first kappa shape index (κ1) is 14.4. The highest BCUT2D eigenvalue weighted by atomic mass is 16.4. The number of carboxylic acids is 1. The lowest BCUT2D eigenvalue weighted by molar-refractivity contribution is -0.139. The van der Waals surface area contributed by atoms with E-state index in [0.29, 0.717) is 12.2 Å². The van der Waals surface area contributed by atoms with E-state index in [-0.39, 0.29) is 6.42 Å². The Morgan fingerprint density at radius 2 is 2.30 bits per heavy atom. The van der Waals surface area contributed by atoms with Crippen molar-refractivity contribution < 1.29 is 14.7 Å². The Morgan fingerprint density at radius 3 is 2.90 bits per heavy atom. The summed E-state index contributed by atoms with van der Waals surface area (Å²) >= 11 is 0. The maximum atomic E-state index is 11.6. The van der Waals surface area contributed by atoms with Crippen molar-refractivity contribution in [2.45, 2.75) is 38.1 Å². The second-order valence-corrected chi connectivity index (χ2v) is 5.16. The zero-order valence-corrected chi connectivity index (χ0v) is 11.3. The molecule has 7 heteroatoms. The Bertz CT molecular complexity index is 442. The first-order valence-corrected chi connectivity index (χ1v) is 6.89. The number of H-pyrrole nitrogens is 1. The Hall–Kier alpha value is -2.05. The van der Waals surface area contributed by atoms with Gasteiger partial charge in [-0.3, -0.25) is 0 Å². The second-order valence-electron chi connectivity index (χ2n) is 5.16. The fraction of sp³-hybridized carbons (Fsp3) is 0.615. The fourth-order valence-corrected chi connectivity index (χ4v) is 2.02. The predicted molar refractivity (Wildman–Crippen MR) is 72.2 cm³/mol. The molecule has 2 amide bonds. The van der Waals surface area contributed by atoms with Crippen molar-refractivity contribution in [3.05, 3.63) is 18.2 Å². The first-order valence-electron chi connectivity index (χ1n) is 6.89. The van der Waals surface area contributed by atoms with E-state index in [1.54, 1.807) is 6.20 Å². The number of amides is 2. The Labute approximate surface area is 117 Å². The molecular weight excluding hydrogens is 260 g/mol. The van der Waals surface area contributed by atoms with Crippen LogP contribution in [0.3, 0.4) is 0 Å². The van der Waals surface area contributed by atoms with E-state index in [2.05, 4.69) is 20.6 Å². The van der Waals surface area contributed by atoms with Gasteiger partial charge in [-0.05, 0) is 18.8 Å². The van der Waals surface area contributed by atoms with Gasteiger partial charge >= 0.3 is 12.0 Å². The lowest BCUT2D eigenvalue weighted by Gasteiger charge is -2.14. The molecule has 0 unspecified atom stereocenters. The molecule has 110 valence electrons. The van der Waals surface area contributed by atoms with Gasteiger partial charge in [0.05, 0.1) is 6.33 Å². The average molecular weight is 280 g/mol. The molecular formula is C13H20N4O3. The largest absolute Gasteiger partial charge is 0.480 e. The van der Waals surface area contributed by atoms with Gasteiger partial charge in [0.2, 0.25) is 0 Å². The third-order valence-corrected chi connectivity index (χ3v) is 3.35. The number of urea groups is 1. The molecule has 7 nitrogen and oxygen atoms in total. The minimum atomic E-state index is -1.06. The SMILES string of the molecule is O=C(NCCCC1CC1)N[C@H](Cc1cnc[nH]1)C(=O)O. The molecule has 0 bridgehead atoms. The summed E-state index contributed by atoms with van der Waals surface area (Å²) in [5, 5.41) is 14.2. The smallest absolute Gasteiger partial charge is 0.326 e. The molecule has 0 aromatic carbocycles. The number of nitrogens with zero attached hydrogens (tertiary/aromatic N) is 1. The number of hydrogen-bond donors (Lipinski definition) is 4. The molecule has 0 saturated heterocycles. The van der Waals surface area contributed by atoms with Crippen LogP contribution in [0, 0.1) is 5.92 Å². The third-order valence-electron chi connectivity index (χ3n) is 3.35. The molecule has 1 fully saturated rings. The second kappa shape index (κ2) is 6.93. The third kappa shape index (κ3) is 4.91. The van der Waals surface area contributed by atoms with Crippen LogP contribution in [-0.2, 0) is 11.2 Å². The van der Waals surface area contributed by atoms with Crippen LogP contribution in [0.4, 0.5) is 4.79 Å². The molecule has 1 aromatic rings. The molecule has 1 aromatic heterocycles. The topological polar surface area (TPSA) is 107 Å². The summed E-state index contributed by atoms with van der Waals surface area (Å²) in [4.78, 5) is 29.4. The number of aliphatic carboxylic acids is 1. The number of carboxylic acid groups (broad SMARTS) is 1. The summed E-state index contributed by atoms with van der Waals surface area (Å²) in [6.45, 7) is 0.582. The summed E-state index contributed by atoms with van der Waals surface area (Å²) in [5.41, 5.74) is 0.673. The van der Waals surface area contributed by atoms with Crippen LogP contribution in [0.5, 0.6) is 0 Å². The van der Waals surface area contributed by atoms with Crippen LogP contribution >= 0.6 is 0 Å². The van der Waals surface area contributed by atoms with Crippen molar-refractivity contribution in [1.29, 1.82) is 0 Å². The number of rotatable bonds is 8. The van der Waals surface area contributed by atoms with Crippen molar-refractivity contribution in [3.63, 3.8) is 0 Å². The van der Waals surface area contributed by atoms with Gasteiger partial charge in [0.1, 0.15) is 6.04 Å². The van der Waals surface area contributed by atoms with Crippen molar-refractivity contribution >= 4 is 12.0 Å². The quantitative estimate of drug-likeness (QED) is 0.530. The van der Waals surface area contributed by atoms with Gasteiger partial charge < -0.3 is 20.7 Å². The summed E-state index contributed by atoms with van der Waals surface area (Å²) in [7, 11) is 0. The van der Waals surface area contributed by atoms with Gasteiger partial charge in [-0.2, -0.15) is 0 Å². The van der Waals surface area contributed by atoms with Crippen LogP contribution in [0.1, 0.15) is 31.4 Å². The van der Waals surface area contributed by atoms with E-state index in [1.807, 2.05) is 0 Å². The summed E-state index contributed by atoms with van der Waals surface area (Å²) in [6.07, 6.45) is 7.89. The number of nitrogens with one attached hydrogen (secondary N) is 3. The minimum Gasteiger partial charge on any atom is -0.480 e. The van der Waals surface area contributed by atoms with E-state index in [4.69, 9.17) is 5.11 Å². The van der Waals surface area contributed by atoms with Crippen LogP contribution in [0.2, 0.25) is 0 Å². The van der Waals surface area contributed by atoms with Gasteiger partial charge in [-0.15, -0.1) is 0 Å². The lowest BCUT2D eigenvalue weighted by atomic mass is 10.1. The summed E-state index contributed by atoms with van der Waals surface area (Å²) in [5.74, 6) is -0.222. The number of carbonyl (C=O) groups is 2. The van der Waals surface area contributed by atoms with Crippen molar-refractivity contribution in [2.24, 2.45) is 5.92 Å². The maximum absolute atomic E-state index is 11.6. The molecule has 1 saturated carbocycles. The van der Waals surface area contributed by atoms with Gasteiger partial charge in [0, 0.05) is 24.9 Å². The van der Waals surface area contributed by atoms with Crippen LogP contribution < -0.4 is 10.6 Å². The lowest BCUT2D eigenvalue weighted by Crippen LogP contribution is -2.47. The number of hydrogen-bond acceptors (Lipinski definition) is 3. The van der Waals surface area contributed by atoms with Gasteiger partial charge in [0.15, 0.2) is 0 Å². The number of aromatic nitrogens is 2. The summed E-state index contributed by atoms with van der Waals surface area (Å²) < 4.78 is 0. The van der Waals surface area contributed by atoms with Gasteiger partial charge in [0.25, 0.3) is 0 Å². The number of carbonyl (C=O) groups excluding carboxylic acids is 1. The summed E-state index contributed by atoms with van der Waals surface area (Å²) in [6, 6.07) is -1.40. The molecule has 20 heavy (non-hydrogen) atoms. The predicted octanol–water partition coefficient (Wildman–Crippen LogP) is 0.895. The zero-order valence-electron chi connectivity index (χ0n) is 11.3. The van der Waals surface area contributed by atoms with Crippen LogP contribution in [-0.4, -0.2) is 39.7 Å². The molecule has 0 radical (unpaired) electrons. The zero-order chi connectivity index (χ0) is 14.4. The van der Waals surface area contributed by atoms with Gasteiger partial charge in [-0.1, -0.05) is 12.8 Å². The molecule has 1 aliphatic carbocycles. The first-order chi connectivity index (χ1) is 9.65. The molecule has 1 atom stereocenters. The highest BCUT2D eigenvalue weighted by Gasteiger charge is 2.22. The normalized spacial score (nSPS) is 15.6. The molecule has 2 rings (SSSR count). The van der Waals surface area contributed by atoms with E-state index >= 15 is 0 Å². The molecule has 1 aliphatic rings. The van der Waals surface area contributed by atoms with Crippen molar-refractivity contribution in [2.75, 3.05) is 6.54 Å². The monoisotopic (exact) mass is 280 g/mol. The van der Waals surface area contributed by atoms with E-state index in [0.717, 1.165) is 18.8 Å². The molecule has 1 heterocycles. The van der Waals surface area contributed by atoms with E-state index in [1.165, 1.54) is 19.2 Å².